The quantitative estimate of drug-likeness (QED) is 0.782. The number of amides is 2. The average Bonchev–Trinajstić information content (AvgIpc) is 3.39. The van der Waals surface area contributed by atoms with Gasteiger partial charge >= 0.3 is 6.03 Å². The van der Waals surface area contributed by atoms with Gasteiger partial charge in [-0.05, 0) is 49.8 Å². The molecule has 0 aromatic heterocycles. The summed E-state index contributed by atoms with van der Waals surface area (Å²) in [6.45, 7) is 2.49. The third-order valence-electron chi connectivity index (χ3n) is 4.71. The van der Waals surface area contributed by atoms with E-state index in [0.29, 0.717) is 12.5 Å². The summed E-state index contributed by atoms with van der Waals surface area (Å²) in [6, 6.07) is 7.76. The zero-order valence-corrected chi connectivity index (χ0v) is 13.6. The first-order valence-corrected chi connectivity index (χ1v) is 8.80. The second kappa shape index (κ2) is 7.68. The predicted octanol–water partition coefficient (Wildman–Crippen LogP) is 2.96. The van der Waals surface area contributed by atoms with Crippen molar-refractivity contribution >= 4 is 17.4 Å². The van der Waals surface area contributed by atoms with Crippen molar-refractivity contribution in [3.8, 4) is 0 Å². The summed E-state index contributed by atoms with van der Waals surface area (Å²) in [6.07, 6.45) is 6.81. The van der Waals surface area contributed by atoms with Crippen molar-refractivity contribution in [2.45, 2.75) is 44.6 Å². The van der Waals surface area contributed by atoms with Gasteiger partial charge in [0.1, 0.15) is 0 Å². The Morgan fingerprint density at radius 1 is 1.22 bits per heavy atom. The molecule has 1 saturated carbocycles. The van der Waals surface area contributed by atoms with Gasteiger partial charge in [-0.1, -0.05) is 18.9 Å². The van der Waals surface area contributed by atoms with Crippen LogP contribution in [-0.4, -0.2) is 36.9 Å². The van der Waals surface area contributed by atoms with Crippen molar-refractivity contribution in [3.05, 3.63) is 24.3 Å². The maximum atomic E-state index is 12.0. The van der Waals surface area contributed by atoms with E-state index in [2.05, 4.69) is 21.6 Å². The van der Waals surface area contributed by atoms with Crippen LogP contribution in [-0.2, 0) is 0 Å². The van der Waals surface area contributed by atoms with Crippen LogP contribution in [0.25, 0.3) is 0 Å². The molecule has 5 nitrogen and oxygen atoms in total. The van der Waals surface area contributed by atoms with Crippen molar-refractivity contribution in [1.82, 2.24) is 5.32 Å². The van der Waals surface area contributed by atoms with Gasteiger partial charge in [-0.15, -0.1) is 0 Å². The standard InChI is InChI=1S/C18H27N3O2/c22-17(14-8-9-14)13-19-18(23)20-15-6-5-7-16(12-15)21-10-3-1-2-4-11-21/h5-7,12,14,17,22H,1-4,8-11,13H2,(H2,19,20,23). The van der Waals surface area contributed by atoms with Gasteiger partial charge in [0.2, 0.25) is 0 Å². The molecule has 1 heterocycles. The summed E-state index contributed by atoms with van der Waals surface area (Å²) in [5.41, 5.74) is 1.97. The fourth-order valence-corrected chi connectivity index (χ4v) is 3.13. The molecule has 1 saturated heterocycles. The summed E-state index contributed by atoms with van der Waals surface area (Å²) < 4.78 is 0. The maximum Gasteiger partial charge on any atom is 0.319 e. The molecule has 1 aromatic carbocycles. The number of nitrogens with one attached hydrogen (secondary N) is 2. The number of carbonyl (C=O) groups excluding carboxylic acids is 1. The van der Waals surface area contributed by atoms with Crippen LogP contribution in [0.1, 0.15) is 38.5 Å². The van der Waals surface area contributed by atoms with Gasteiger partial charge in [0.15, 0.2) is 0 Å². The van der Waals surface area contributed by atoms with E-state index in [1.807, 2.05) is 18.2 Å². The molecule has 1 aromatic rings. The van der Waals surface area contributed by atoms with Gasteiger partial charge in [0, 0.05) is 31.0 Å². The first-order valence-electron chi connectivity index (χ1n) is 8.80. The number of hydrogen-bond acceptors (Lipinski definition) is 3. The topological polar surface area (TPSA) is 64.6 Å². The Balaban J connectivity index is 1.52. The Labute approximate surface area is 138 Å². The van der Waals surface area contributed by atoms with E-state index < -0.39 is 6.10 Å². The van der Waals surface area contributed by atoms with Crippen LogP contribution in [0.5, 0.6) is 0 Å². The number of aliphatic hydroxyl groups is 1. The fourth-order valence-electron chi connectivity index (χ4n) is 3.13. The first kappa shape index (κ1) is 16.1. The SMILES string of the molecule is O=C(NCC(O)C1CC1)Nc1cccc(N2CCCCCC2)c1. The number of carbonyl (C=O) groups is 1. The Kier molecular flexibility index (Phi) is 5.39. The summed E-state index contributed by atoms with van der Waals surface area (Å²) in [7, 11) is 0. The number of rotatable bonds is 5. The third-order valence-corrected chi connectivity index (χ3v) is 4.71. The lowest BCUT2D eigenvalue weighted by Crippen LogP contribution is -2.36. The average molecular weight is 317 g/mol. The lowest BCUT2D eigenvalue weighted by molar-refractivity contribution is 0.150. The molecule has 1 aliphatic heterocycles. The normalized spacial score (nSPS) is 19.8. The lowest BCUT2D eigenvalue weighted by Gasteiger charge is -2.23. The monoisotopic (exact) mass is 317 g/mol. The Morgan fingerprint density at radius 3 is 2.65 bits per heavy atom. The van der Waals surface area contributed by atoms with Crippen LogP contribution in [0.4, 0.5) is 16.2 Å². The van der Waals surface area contributed by atoms with Crippen LogP contribution in [0.3, 0.4) is 0 Å². The highest BCUT2D eigenvalue weighted by Gasteiger charge is 2.29. The van der Waals surface area contributed by atoms with Gasteiger partial charge < -0.3 is 20.6 Å². The van der Waals surface area contributed by atoms with Gasteiger partial charge in [0.05, 0.1) is 6.10 Å². The van der Waals surface area contributed by atoms with Gasteiger partial charge in [-0.2, -0.15) is 0 Å². The molecule has 1 atom stereocenters. The highest BCUT2D eigenvalue weighted by Crippen LogP contribution is 2.32. The first-order chi connectivity index (χ1) is 11.2. The van der Waals surface area contributed by atoms with E-state index in [1.54, 1.807) is 0 Å². The predicted molar refractivity (Wildman–Crippen MR) is 92.9 cm³/mol. The summed E-state index contributed by atoms with van der Waals surface area (Å²) in [5, 5.41) is 15.4. The van der Waals surface area contributed by atoms with Crippen molar-refractivity contribution in [1.29, 1.82) is 0 Å². The molecule has 5 heteroatoms. The molecule has 1 aliphatic carbocycles. The molecule has 0 radical (unpaired) electrons. The highest BCUT2D eigenvalue weighted by molar-refractivity contribution is 5.89. The minimum absolute atomic E-state index is 0.252. The molecule has 3 N–H and O–H groups in total. The van der Waals surface area contributed by atoms with Crippen LogP contribution in [0.2, 0.25) is 0 Å². The molecule has 126 valence electrons. The Hall–Kier alpha value is -1.75. The molecular formula is C18H27N3O2. The fraction of sp³-hybridized carbons (Fsp3) is 0.611. The third kappa shape index (κ3) is 4.86. The van der Waals surface area contributed by atoms with E-state index in [4.69, 9.17) is 0 Å². The Bertz CT molecular complexity index is 523. The van der Waals surface area contributed by atoms with E-state index in [0.717, 1.165) is 31.6 Å². The van der Waals surface area contributed by atoms with Crippen LogP contribution in [0.15, 0.2) is 24.3 Å². The number of nitrogens with zero attached hydrogens (tertiary/aromatic N) is 1. The van der Waals surface area contributed by atoms with Crippen LogP contribution in [0, 0.1) is 5.92 Å². The summed E-state index contributed by atoms with van der Waals surface area (Å²) in [4.78, 5) is 14.4. The number of benzene rings is 1. The van der Waals surface area contributed by atoms with Gasteiger partial charge in [-0.3, -0.25) is 0 Å². The molecule has 0 bridgehead atoms. The second-order valence-corrected chi connectivity index (χ2v) is 6.69. The minimum atomic E-state index is -0.413. The summed E-state index contributed by atoms with van der Waals surface area (Å²) in [5.74, 6) is 0.377. The number of urea groups is 1. The van der Waals surface area contributed by atoms with E-state index >= 15 is 0 Å². The largest absolute Gasteiger partial charge is 0.391 e. The maximum absolute atomic E-state index is 12.0. The van der Waals surface area contributed by atoms with Crippen LogP contribution < -0.4 is 15.5 Å². The number of anilines is 2. The zero-order valence-electron chi connectivity index (χ0n) is 13.6. The van der Waals surface area contributed by atoms with Crippen molar-refractivity contribution in [2.24, 2.45) is 5.92 Å². The molecule has 2 aliphatic rings. The van der Waals surface area contributed by atoms with Crippen molar-refractivity contribution < 1.29 is 9.90 Å². The van der Waals surface area contributed by atoms with Gasteiger partial charge in [-0.25, -0.2) is 4.79 Å². The summed E-state index contributed by atoms with van der Waals surface area (Å²) >= 11 is 0. The molecule has 2 fully saturated rings. The number of hydrogen-bond donors (Lipinski definition) is 3. The minimum Gasteiger partial charge on any atom is -0.391 e. The zero-order chi connectivity index (χ0) is 16.1. The lowest BCUT2D eigenvalue weighted by atomic mass is 10.2. The number of aliphatic hydroxyl groups excluding tert-OH is 1. The molecular weight excluding hydrogens is 290 g/mol. The Morgan fingerprint density at radius 2 is 1.96 bits per heavy atom. The molecule has 3 rings (SSSR count). The van der Waals surface area contributed by atoms with E-state index in [9.17, 15) is 9.90 Å². The van der Waals surface area contributed by atoms with Gasteiger partial charge in [0.25, 0.3) is 0 Å². The highest BCUT2D eigenvalue weighted by atomic mass is 16.3. The van der Waals surface area contributed by atoms with Crippen molar-refractivity contribution in [3.63, 3.8) is 0 Å². The van der Waals surface area contributed by atoms with E-state index in [1.165, 1.54) is 31.4 Å². The second-order valence-electron chi connectivity index (χ2n) is 6.69. The molecule has 0 spiro atoms. The van der Waals surface area contributed by atoms with E-state index in [-0.39, 0.29) is 6.03 Å². The molecule has 23 heavy (non-hydrogen) atoms. The molecule has 1 unspecified atom stereocenters. The smallest absolute Gasteiger partial charge is 0.319 e. The molecule has 2 amide bonds. The van der Waals surface area contributed by atoms with Crippen LogP contribution >= 0.6 is 0 Å². The van der Waals surface area contributed by atoms with Crippen molar-refractivity contribution in [2.75, 3.05) is 29.9 Å².